The Morgan fingerprint density at radius 3 is 2.78 bits per heavy atom. The van der Waals surface area contributed by atoms with Crippen LogP contribution in [0.4, 0.5) is 0 Å². The fourth-order valence-electron chi connectivity index (χ4n) is 2.03. The molecular formula is C16H15IN2O3S. The maximum atomic E-state index is 12.4. The molecule has 2 amide bonds. The minimum absolute atomic E-state index is 0.0420. The molecule has 1 saturated heterocycles. The van der Waals surface area contributed by atoms with Gasteiger partial charge in [-0.1, -0.05) is 12.1 Å². The lowest BCUT2D eigenvalue weighted by molar-refractivity contribution is -0.128. The van der Waals surface area contributed by atoms with E-state index in [1.165, 1.54) is 4.90 Å². The molecule has 1 heterocycles. The van der Waals surface area contributed by atoms with Crippen LogP contribution in [0.15, 0.2) is 36.4 Å². The number of hydrogen-bond acceptors (Lipinski definition) is 4. The molecule has 0 saturated carbocycles. The number of nitrogens with one attached hydrogen (secondary N) is 1. The summed E-state index contributed by atoms with van der Waals surface area (Å²) in [5.41, 5.74) is 0.781. The van der Waals surface area contributed by atoms with Gasteiger partial charge in [-0.3, -0.25) is 19.8 Å². The highest BCUT2D eigenvalue weighted by atomic mass is 127. The number of nitrogens with zero attached hydrogens (tertiary/aromatic N) is 1. The third kappa shape index (κ3) is 3.97. The summed E-state index contributed by atoms with van der Waals surface area (Å²) in [6.45, 7) is 6.32. The molecule has 5 nitrogen and oxygen atoms in total. The van der Waals surface area contributed by atoms with Gasteiger partial charge in [0.15, 0.2) is 5.11 Å². The molecule has 0 aliphatic carbocycles. The van der Waals surface area contributed by atoms with E-state index in [2.05, 4.69) is 34.5 Å². The zero-order valence-electron chi connectivity index (χ0n) is 12.5. The van der Waals surface area contributed by atoms with E-state index in [9.17, 15) is 9.59 Å². The second kappa shape index (κ2) is 7.69. The summed E-state index contributed by atoms with van der Waals surface area (Å²) in [4.78, 5) is 25.8. The molecule has 120 valence electrons. The lowest BCUT2D eigenvalue weighted by Gasteiger charge is -2.27. The first kappa shape index (κ1) is 17.6. The van der Waals surface area contributed by atoms with E-state index < -0.39 is 11.8 Å². The average Bonchev–Trinajstić information content (AvgIpc) is 2.50. The molecular weight excluding hydrogens is 427 g/mol. The number of amides is 2. The Kier molecular flexibility index (Phi) is 5.89. The molecule has 23 heavy (non-hydrogen) atoms. The summed E-state index contributed by atoms with van der Waals surface area (Å²) in [5.74, 6) is -0.157. The molecule has 0 bridgehead atoms. The maximum Gasteiger partial charge on any atom is 0.265 e. The van der Waals surface area contributed by atoms with Crippen molar-refractivity contribution in [2.45, 2.75) is 6.92 Å². The summed E-state index contributed by atoms with van der Waals surface area (Å²) in [6, 6.07) is 5.46. The number of carbonyl (C=O) groups excluding carboxylic acids is 2. The monoisotopic (exact) mass is 442 g/mol. The summed E-state index contributed by atoms with van der Waals surface area (Å²) >= 11 is 7.16. The first-order valence-corrected chi connectivity index (χ1v) is 8.38. The van der Waals surface area contributed by atoms with Crippen LogP contribution in [0.1, 0.15) is 12.5 Å². The van der Waals surface area contributed by atoms with E-state index in [1.54, 1.807) is 18.2 Å². The Labute approximate surface area is 153 Å². The summed E-state index contributed by atoms with van der Waals surface area (Å²) in [5, 5.41) is 2.61. The standard InChI is InChI=1S/C16H15IN2O3S/c1-3-7-19-15(21)11(14(20)18-16(19)23)8-10-5-6-13(22-4-2)12(17)9-10/h3,5-6,8-9H,1,4,7H2,2H3,(H,18,20,23)/b11-8+. The first-order chi connectivity index (χ1) is 11.0. The van der Waals surface area contributed by atoms with Crippen molar-refractivity contribution in [3.8, 4) is 5.75 Å². The molecule has 1 aromatic rings. The van der Waals surface area contributed by atoms with Gasteiger partial charge in [0.2, 0.25) is 0 Å². The molecule has 0 radical (unpaired) electrons. The van der Waals surface area contributed by atoms with Gasteiger partial charge < -0.3 is 4.74 Å². The lowest BCUT2D eigenvalue weighted by Crippen LogP contribution is -2.53. The fraction of sp³-hybridized carbons (Fsp3) is 0.188. The molecule has 0 spiro atoms. The van der Waals surface area contributed by atoms with E-state index >= 15 is 0 Å². The van der Waals surface area contributed by atoms with Gasteiger partial charge in [-0.25, -0.2) is 0 Å². The van der Waals surface area contributed by atoms with Crippen LogP contribution in [0.5, 0.6) is 5.75 Å². The zero-order valence-corrected chi connectivity index (χ0v) is 15.4. The van der Waals surface area contributed by atoms with Crippen LogP contribution in [0.25, 0.3) is 6.08 Å². The second-order valence-electron chi connectivity index (χ2n) is 4.64. The van der Waals surface area contributed by atoms with Gasteiger partial charge in [-0.15, -0.1) is 6.58 Å². The smallest absolute Gasteiger partial charge is 0.265 e. The van der Waals surface area contributed by atoms with Gasteiger partial charge >= 0.3 is 0 Å². The SMILES string of the molecule is C=CCN1C(=O)/C(=C/c2ccc(OCC)c(I)c2)C(=O)NC1=S. The van der Waals surface area contributed by atoms with Crippen molar-refractivity contribution in [3.63, 3.8) is 0 Å². The average molecular weight is 442 g/mol. The molecule has 1 fully saturated rings. The first-order valence-electron chi connectivity index (χ1n) is 6.90. The Morgan fingerprint density at radius 1 is 1.43 bits per heavy atom. The highest BCUT2D eigenvalue weighted by Gasteiger charge is 2.32. The highest BCUT2D eigenvalue weighted by molar-refractivity contribution is 14.1. The number of halogens is 1. The van der Waals surface area contributed by atoms with Crippen molar-refractivity contribution in [3.05, 3.63) is 45.6 Å². The molecule has 1 N–H and O–H groups in total. The minimum atomic E-state index is -0.496. The molecule has 1 aromatic carbocycles. The van der Waals surface area contributed by atoms with Crippen LogP contribution in [-0.2, 0) is 9.59 Å². The van der Waals surface area contributed by atoms with Gasteiger partial charge in [0.05, 0.1) is 10.2 Å². The van der Waals surface area contributed by atoms with Crippen LogP contribution in [-0.4, -0.2) is 35.0 Å². The lowest BCUT2D eigenvalue weighted by atomic mass is 10.1. The topological polar surface area (TPSA) is 58.6 Å². The fourth-order valence-corrected chi connectivity index (χ4v) is 2.98. The van der Waals surface area contributed by atoms with Crippen molar-refractivity contribution in [1.82, 2.24) is 10.2 Å². The van der Waals surface area contributed by atoms with Crippen molar-refractivity contribution in [1.29, 1.82) is 0 Å². The van der Waals surface area contributed by atoms with Crippen LogP contribution in [0, 0.1) is 3.57 Å². The number of carbonyl (C=O) groups is 2. The maximum absolute atomic E-state index is 12.4. The van der Waals surface area contributed by atoms with Crippen molar-refractivity contribution >= 4 is 57.8 Å². The van der Waals surface area contributed by atoms with Gasteiger partial charge in [-0.2, -0.15) is 0 Å². The summed E-state index contributed by atoms with van der Waals surface area (Å²) in [7, 11) is 0. The van der Waals surface area contributed by atoms with Crippen molar-refractivity contribution < 1.29 is 14.3 Å². The normalized spacial score (nSPS) is 16.5. The van der Waals surface area contributed by atoms with E-state index in [4.69, 9.17) is 17.0 Å². The largest absolute Gasteiger partial charge is 0.493 e. The number of thiocarbonyl (C=S) groups is 1. The third-order valence-corrected chi connectivity index (χ3v) is 4.23. The Bertz CT molecular complexity index is 715. The molecule has 0 unspecified atom stereocenters. The predicted octanol–water partition coefficient (Wildman–Crippen LogP) is 2.50. The van der Waals surface area contributed by atoms with Crippen LogP contribution in [0.2, 0.25) is 0 Å². The number of rotatable bonds is 5. The Hall–Kier alpha value is -1.74. The molecule has 7 heteroatoms. The van der Waals surface area contributed by atoms with E-state index in [0.717, 1.165) is 14.9 Å². The predicted molar refractivity (Wildman–Crippen MR) is 101 cm³/mol. The van der Waals surface area contributed by atoms with Gasteiger partial charge in [-0.05, 0) is 65.5 Å². The zero-order chi connectivity index (χ0) is 17.0. The number of benzene rings is 1. The summed E-state index contributed by atoms with van der Waals surface area (Å²) < 4.78 is 6.38. The van der Waals surface area contributed by atoms with Crippen LogP contribution < -0.4 is 10.1 Å². The van der Waals surface area contributed by atoms with Gasteiger partial charge in [0, 0.05) is 6.54 Å². The van der Waals surface area contributed by atoms with Crippen LogP contribution >= 0.6 is 34.8 Å². The Morgan fingerprint density at radius 2 is 2.17 bits per heavy atom. The van der Waals surface area contributed by atoms with E-state index in [-0.39, 0.29) is 17.2 Å². The van der Waals surface area contributed by atoms with Crippen molar-refractivity contribution in [2.75, 3.05) is 13.2 Å². The van der Waals surface area contributed by atoms with E-state index in [1.807, 2.05) is 19.1 Å². The van der Waals surface area contributed by atoms with Crippen molar-refractivity contribution in [2.24, 2.45) is 0 Å². The van der Waals surface area contributed by atoms with E-state index in [0.29, 0.717) is 6.61 Å². The minimum Gasteiger partial charge on any atom is -0.493 e. The van der Waals surface area contributed by atoms with Gasteiger partial charge in [0.1, 0.15) is 11.3 Å². The quantitative estimate of drug-likeness (QED) is 0.250. The molecule has 1 aliphatic heterocycles. The molecule has 1 aliphatic rings. The highest BCUT2D eigenvalue weighted by Crippen LogP contribution is 2.24. The number of hydrogen-bond donors (Lipinski definition) is 1. The van der Waals surface area contributed by atoms with Crippen LogP contribution in [0.3, 0.4) is 0 Å². The number of ether oxygens (including phenoxy) is 1. The third-order valence-electron chi connectivity index (χ3n) is 3.06. The Balaban J connectivity index is 2.35. The second-order valence-corrected chi connectivity index (χ2v) is 6.19. The molecule has 2 rings (SSSR count). The molecule has 0 aromatic heterocycles. The van der Waals surface area contributed by atoms with Gasteiger partial charge in [0.25, 0.3) is 11.8 Å². The molecule has 0 atom stereocenters. The summed E-state index contributed by atoms with van der Waals surface area (Å²) in [6.07, 6.45) is 3.10.